The Morgan fingerprint density at radius 1 is 1.38 bits per heavy atom. The van der Waals surface area contributed by atoms with E-state index in [2.05, 4.69) is 31.1 Å². The van der Waals surface area contributed by atoms with Crippen molar-refractivity contribution in [1.29, 1.82) is 0 Å². The van der Waals surface area contributed by atoms with E-state index in [4.69, 9.17) is 5.11 Å². The first-order valence-corrected chi connectivity index (χ1v) is 4.98. The van der Waals surface area contributed by atoms with Crippen molar-refractivity contribution in [2.24, 2.45) is 10.9 Å². The van der Waals surface area contributed by atoms with Crippen LogP contribution >= 0.6 is 0 Å². The molecule has 0 bridgehead atoms. The van der Waals surface area contributed by atoms with Gasteiger partial charge in [0.15, 0.2) is 0 Å². The Balaban J connectivity index is 3.36. The van der Waals surface area contributed by atoms with Crippen LogP contribution in [-0.4, -0.2) is 37.1 Å². The largest absolute Gasteiger partial charge is 0.395 e. The highest BCUT2D eigenvalue weighted by atomic mass is 16.3. The number of aliphatic hydroxyl groups is 1. The Morgan fingerprint density at radius 2 is 2.08 bits per heavy atom. The Kier molecular flexibility index (Phi) is 7.94. The highest BCUT2D eigenvalue weighted by Gasteiger charge is 1.95. The smallest absolute Gasteiger partial charge is 0.0555 e. The lowest BCUT2D eigenvalue weighted by Crippen LogP contribution is -2.21. The molecular formula is C10H22N2O. The van der Waals surface area contributed by atoms with E-state index in [0.29, 0.717) is 12.5 Å². The maximum Gasteiger partial charge on any atom is 0.0555 e. The van der Waals surface area contributed by atoms with Gasteiger partial charge in [-0.25, -0.2) is 0 Å². The summed E-state index contributed by atoms with van der Waals surface area (Å²) in [7, 11) is 0. The van der Waals surface area contributed by atoms with Crippen LogP contribution in [-0.2, 0) is 0 Å². The number of hydrogen-bond donors (Lipinski definition) is 2. The summed E-state index contributed by atoms with van der Waals surface area (Å²) in [6, 6.07) is 0. The first-order chi connectivity index (χ1) is 6.16. The van der Waals surface area contributed by atoms with Crippen LogP contribution < -0.4 is 5.32 Å². The monoisotopic (exact) mass is 186 g/mol. The van der Waals surface area contributed by atoms with Crippen LogP contribution in [0.4, 0.5) is 0 Å². The highest BCUT2D eigenvalue weighted by Crippen LogP contribution is 2.00. The number of nitrogens with one attached hydrogen (secondary N) is 1. The van der Waals surface area contributed by atoms with Gasteiger partial charge in [0.05, 0.1) is 13.2 Å². The van der Waals surface area contributed by atoms with Crippen molar-refractivity contribution in [2.45, 2.75) is 27.2 Å². The summed E-state index contributed by atoms with van der Waals surface area (Å²) in [6.07, 6.45) is 1.08. The van der Waals surface area contributed by atoms with Gasteiger partial charge in [0.2, 0.25) is 0 Å². The third-order valence-electron chi connectivity index (χ3n) is 1.66. The van der Waals surface area contributed by atoms with Crippen LogP contribution in [0.25, 0.3) is 0 Å². The molecule has 13 heavy (non-hydrogen) atoms. The lowest BCUT2D eigenvalue weighted by Gasteiger charge is -2.04. The molecule has 0 aromatic carbocycles. The SMILES string of the molecule is C/C(CC(C)C)=N\CCNCCO. The predicted octanol–water partition coefficient (Wildman–Crippen LogP) is 1.08. The van der Waals surface area contributed by atoms with Gasteiger partial charge >= 0.3 is 0 Å². The van der Waals surface area contributed by atoms with Gasteiger partial charge in [0.1, 0.15) is 0 Å². The zero-order chi connectivity index (χ0) is 10.1. The van der Waals surface area contributed by atoms with Crippen molar-refractivity contribution in [3.63, 3.8) is 0 Å². The molecule has 0 amide bonds. The number of nitrogens with zero attached hydrogens (tertiary/aromatic N) is 1. The quantitative estimate of drug-likeness (QED) is 0.461. The average molecular weight is 186 g/mol. The van der Waals surface area contributed by atoms with Gasteiger partial charge in [-0.3, -0.25) is 4.99 Å². The molecule has 0 spiro atoms. The predicted molar refractivity (Wildman–Crippen MR) is 57.4 cm³/mol. The molecule has 0 fully saturated rings. The number of aliphatic hydroxyl groups excluding tert-OH is 1. The first kappa shape index (κ1) is 12.6. The van der Waals surface area contributed by atoms with E-state index in [-0.39, 0.29) is 6.61 Å². The van der Waals surface area contributed by atoms with Crippen molar-refractivity contribution in [3.8, 4) is 0 Å². The van der Waals surface area contributed by atoms with Gasteiger partial charge in [-0.2, -0.15) is 0 Å². The fraction of sp³-hybridized carbons (Fsp3) is 0.900. The molecule has 0 aliphatic carbocycles. The molecule has 0 heterocycles. The molecule has 0 radical (unpaired) electrons. The van der Waals surface area contributed by atoms with E-state index in [1.165, 1.54) is 5.71 Å². The van der Waals surface area contributed by atoms with Crippen molar-refractivity contribution in [3.05, 3.63) is 0 Å². The maximum absolute atomic E-state index is 8.50. The number of rotatable bonds is 7. The lowest BCUT2D eigenvalue weighted by atomic mass is 10.1. The second kappa shape index (κ2) is 8.20. The molecule has 0 aliphatic heterocycles. The molecule has 0 saturated carbocycles. The molecule has 3 heteroatoms. The molecule has 0 aromatic rings. The Bertz CT molecular complexity index is 144. The lowest BCUT2D eigenvalue weighted by molar-refractivity contribution is 0.293. The molecule has 0 saturated heterocycles. The molecule has 78 valence electrons. The topological polar surface area (TPSA) is 44.6 Å². The van der Waals surface area contributed by atoms with Crippen LogP contribution in [0.5, 0.6) is 0 Å². The van der Waals surface area contributed by atoms with E-state index >= 15 is 0 Å². The summed E-state index contributed by atoms with van der Waals surface area (Å²) in [4.78, 5) is 4.41. The molecule has 0 atom stereocenters. The van der Waals surface area contributed by atoms with Gasteiger partial charge in [-0.05, 0) is 19.3 Å². The standard InChI is InChI=1S/C10H22N2O/c1-9(2)8-10(3)12-5-4-11-6-7-13/h9,11,13H,4-8H2,1-3H3/b12-10+. The van der Waals surface area contributed by atoms with Gasteiger partial charge in [0, 0.05) is 18.8 Å². The Hall–Kier alpha value is -0.410. The fourth-order valence-corrected chi connectivity index (χ4v) is 1.19. The van der Waals surface area contributed by atoms with Gasteiger partial charge < -0.3 is 10.4 Å². The summed E-state index contributed by atoms with van der Waals surface area (Å²) in [5.74, 6) is 0.689. The van der Waals surface area contributed by atoms with E-state index in [1.807, 2.05) is 0 Å². The maximum atomic E-state index is 8.50. The minimum Gasteiger partial charge on any atom is -0.395 e. The second-order valence-electron chi connectivity index (χ2n) is 3.69. The number of hydrogen-bond acceptors (Lipinski definition) is 3. The van der Waals surface area contributed by atoms with E-state index in [0.717, 1.165) is 19.5 Å². The molecule has 0 unspecified atom stereocenters. The van der Waals surface area contributed by atoms with Crippen LogP contribution in [0.1, 0.15) is 27.2 Å². The summed E-state index contributed by atoms with van der Waals surface area (Å²) in [5.41, 5.74) is 1.22. The van der Waals surface area contributed by atoms with Crippen molar-refractivity contribution in [2.75, 3.05) is 26.2 Å². The average Bonchev–Trinajstić information content (AvgIpc) is 2.02. The molecule has 0 aliphatic rings. The summed E-state index contributed by atoms with van der Waals surface area (Å²) in [6.45, 7) is 9.01. The molecule has 0 rings (SSSR count). The Labute approximate surface area is 81.3 Å². The van der Waals surface area contributed by atoms with Crippen molar-refractivity contribution in [1.82, 2.24) is 5.32 Å². The van der Waals surface area contributed by atoms with Gasteiger partial charge in [-0.15, -0.1) is 0 Å². The van der Waals surface area contributed by atoms with Gasteiger partial charge in [-0.1, -0.05) is 13.8 Å². The van der Waals surface area contributed by atoms with E-state index in [1.54, 1.807) is 0 Å². The summed E-state index contributed by atoms with van der Waals surface area (Å²) in [5, 5.41) is 11.6. The Morgan fingerprint density at radius 3 is 2.62 bits per heavy atom. The van der Waals surface area contributed by atoms with E-state index < -0.39 is 0 Å². The minimum atomic E-state index is 0.203. The normalized spacial score (nSPS) is 12.5. The van der Waals surface area contributed by atoms with Crippen LogP contribution in [0.15, 0.2) is 4.99 Å². The summed E-state index contributed by atoms with van der Waals surface area (Å²) >= 11 is 0. The van der Waals surface area contributed by atoms with E-state index in [9.17, 15) is 0 Å². The minimum absolute atomic E-state index is 0.203. The molecular weight excluding hydrogens is 164 g/mol. The van der Waals surface area contributed by atoms with Crippen LogP contribution in [0.3, 0.4) is 0 Å². The van der Waals surface area contributed by atoms with Gasteiger partial charge in [0.25, 0.3) is 0 Å². The summed E-state index contributed by atoms with van der Waals surface area (Å²) < 4.78 is 0. The zero-order valence-corrected chi connectivity index (χ0v) is 9.01. The van der Waals surface area contributed by atoms with Crippen LogP contribution in [0, 0.1) is 5.92 Å². The van der Waals surface area contributed by atoms with Crippen molar-refractivity contribution < 1.29 is 5.11 Å². The second-order valence-corrected chi connectivity index (χ2v) is 3.69. The first-order valence-electron chi connectivity index (χ1n) is 4.98. The highest BCUT2D eigenvalue weighted by molar-refractivity contribution is 5.82. The molecule has 2 N–H and O–H groups in total. The zero-order valence-electron chi connectivity index (χ0n) is 9.01. The third-order valence-corrected chi connectivity index (χ3v) is 1.66. The third kappa shape index (κ3) is 9.50. The molecule has 3 nitrogen and oxygen atoms in total. The van der Waals surface area contributed by atoms with Crippen molar-refractivity contribution >= 4 is 5.71 Å². The molecule has 0 aromatic heterocycles. The number of aliphatic imine (C=N–C) groups is 1. The fourth-order valence-electron chi connectivity index (χ4n) is 1.19. The van der Waals surface area contributed by atoms with Crippen LogP contribution in [0.2, 0.25) is 0 Å².